The van der Waals surface area contributed by atoms with Crippen LogP contribution in [0.2, 0.25) is 8.94 Å². The molecule has 0 spiro atoms. The molecule has 0 rings (SSSR count). The summed E-state index contributed by atoms with van der Waals surface area (Å²) < 4.78 is 3.07. The molecule has 0 saturated carbocycles. The fraction of sp³-hybridized carbons (Fsp3) is 1.00. The molecule has 0 fully saturated rings. The van der Waals surface area contributed by atoms with Gasteiger partial charge in [-0.2, -0.15) is 0 Å². The van der Waals surface area contributed by atoms with E-state index >= 15 is 0 Å². The average molecular weight is 399 g/mol. The van der Waals surface area contributed by atoms with E-state index in [0.29, 0.717) is 34.1 Å². The third-order valence-corrected chi connectivity index (χ3v) is 13.4. The van der Waals surface area contributed by atoms with Crippen molar-refractivity contribution in [2.45, 2.75) is 8.94 Å². The van der Waals surface area contributed by atoms with Crippen LogP contribution in [0.4, 0.5) is 0 Å². The quantitative estimate of drug-likeness (QED) is 0.448. The van der Waals surface area contributed by atoms with Crippen LogP contribution in [0.5, 0.6) is 0 Å². The summed E-state index contributed by atoms with van der Waals surface area (Å²) in [7, 11) is 8.70. The van der Waals surface area contributed by atoms with Crippen molar-refractivity contribution < 1.29 is 0 Å². The van der Waals surface area contributed by atoms with Crippen molar-refractivity contribution in [2.75, 3.05) is 41.3 Å². The number of hydrogen-bond acceptors (Lipinski definition) is 2. The molecule has 0 unspecified atom stereocenters. The van der Waals surface area contributed by atoms with Crippen molar-refractivity contribution in [3.63, 3.8) is 0 Å². The Hall–Kier alpha value is 1.50. The summed E-state index contributed by atoms with van der Waals surface area (Å²) in [5.74, 6) is 0. The predicted octanol–water partition coefficient (Wildman–Crippen LogP) is 0.270. The maximum atomic E-state index is 2.31. The zero-order chi connectivity index (χ0) is 9.40. The molecule has 12 heavy (non-hydrogen) atoms. The summed E-state index contributed by atoms with van der Waals surface area (Å²) >= 11 is 0.918. The van der Waals surface area contributed by atoms with Gasteiger partial charge in [-0.15, -0.1) is 0 Å². The Morgan fingerprint density at radius 2 is 1.08 bits per heavy atom. The molecule has 0 bridgehead atoms. The van der Waals surface area contributed by atoms with Crippen LogP contribution in [0.15, 0.2) is 0 Å². The fourth-order valence-corrected chi connectivity index (χ4v) is 11.1. The Kier molecular flexibility index (Phi) is 10.2. The van der Waals surface area contributed by atoms with Gasteiger partial charge in [-0.05, 0) is 0 Å². The summed E-state index contributed by atoms with van der Waals surface area (Å²) in [5.41, 5.74) is 0. The van der Waals surface area contributed by atoms with Gasteiger partial charge in [0.2, 0.25) is 0 Å². The summed E-state index contributed by atoms with van der Waals surface area (Å²) in [6, 6.07) is 0. The number of hydrogen-bond donors (Lipinski definition) is 0. The maximum absolute atomic E-state index is 2.31. The van der Waals surface area contributed by atoms with Gasteiger partial charge in [-0.25, -0.2) is 0 Å². The zero-order valence-corrected chi connectivity index (χ0v) is 13.2. The Labute approximate surface area is 93.4 Å². The van der Waals surface area contributed by atoms with Gasteiger partial charge < -0.3 is 0 Å². The summed E-state index contributed by atoms with van der Waals surface area (Å²) in [6.07, 6.45) is 0. The topological polar surface area (TPSA) is 6.48 Å². The standard InChI is InChI=1S/C8H20N2Te2/c1-9(2)5-7-11-12-8-6-10(3)4/h5-8H2,1-4H3. The third kappa shape index (κ3) is 11.5. The Bertz CT molecular complexity index is 85.1. The molecule has 0 aliphatic rings. The minimum atomic E-state index is 0.459. The van der Waals surface area contributed by atoms with Crippen LogP contribution in [0.1, 0.15) is 0 Å². The van der Waals surface area contributed by atoms with Crippen molar-refractivity contribution in [3.8, 4) is 0 Å². The van der Waals surface area contributed by atoms with Crippen molar-refractivity contribution in [3.05, 3.63) is 0 Å². The summed E-state index contributed by atoms with van der Waals surface area (Å²) in [5, 5.41) is 0. The molecular weight excluding hydrogens is 379 g/mol. The van der Waals surface area contributed by atoms with Crippen molar-refractivity contribution in [1.29, 1.82) is 0 Å². The van der Waals surface area contributed by atoms with Gasteiger partial charge in [0.15, 0.2) is 0 Å². The molecule has 0 aromatic carbocycles. The van der Waals surface area contributed by atoms with Gasteiger partial charge in [0.1, 0.15) is 0 Å². The second-order valence-electron chi connectivity index (χ2n) is 3.25. The molecule has 74 valence electrons. The van der Waals surface area contributed by atoms with E-state index < -0.39 is 0 Å². The summed E-state index contributed by atoms with van der Waals surface area (Å²) in [6.45, 7) is 2.66. The van der Waals surface area contributed by atoms with Crippen molar-refractivity contribution in [2.24, 2.45) is 0 Å². The first-order chi connectivity index (χ1) is 5.63. The van der Waals surface area contributed by atoms with Crippen LogP contribution >= 0.6 is 0 Å². The van der Waals surface area contributed by atoms with E-state index in [9.17, 15) is 0 Å². The molecular formula is C8H20N2Te2. The van der Waals surface area contributed by atoms with E-state index in [1.165, 1.54) is 22.0 Å². The molecule has 2 nitrogen and oxygen atoms in total. The van der Waals surface area contributed by atoms with Gasteiger partial charge in [-0.3, -0.25) is 0 Å². The van der Waals surface area contributed by atoms with Gasteiger partial charge in [0.25, 0.3) is 0 Å². The van der Waals surface area contributed by atoms with Crippen molar-refractivity contribution >= 4 is 34.1 Å². The normalized spacial score (nSPS) is 11.5. The van der Waals surface area contributed by atoms with E-state index in [1.807, 2.05) is 0 Å². The van der Waals surface area contributed by atoms with E-state index in [0.717, 1.165) is 0 Å². The first-order valence-corrected chi connectivity index (χ1v) is 14.8. The van der Waals surface area contributed by atoms with Crippen molar-refractivity contribution in [1.82, 2.24) is 9.80 Å². The van der Waals surface area contributed by atoms with Crippen LogP contribution in [0.25, 0.3) is 0 Å². The monoisotopic (exact) mass is 404 g/mol. The average Bonchev–Trinajstić information content (AvgIpc) is 1.95. The third-order valence-electron chi connectivity index (χ3n) is 1.33. The van der Waals surface area contributed by atoms with Crippen LogP contribution in [0.3, 0.4) is 0 Å². The molecule has 0 atom stereocenters. The number of nitrogens with zero attached hydrogens (tertiary/aromatic N) is 2. The molecule has 0 N–H and O–H groups in total. The minimum absolute atomic E-state index is 0.459. The molecule has 0 amide bonds. The zero-order valence-electron chi connectivity index (χ0n) is 8.54. The molecule has 0 aliphatic carbocycles. The van der Waals surface area contributed by atoms with Crippen LogP contribution in [0, 0.1) is 0 Å². The van der Waals surface area contributed by atoms with Gasteiger partial charge in [0, 0.05) is 0 Å². The fourth-order valence-electron chi connectivity index (χ4n) is 0.558. The molecule has 0 radical (unpaired) electrons. The Morgan fingerprint density at radius 3 is 1.33 bits per heavy atom. The predicted molar refractivity (Wildman–Crippen MR) is 58.2 cm³/mol. The van der Waals surface area contributed by atoms with E-state index in [4.69, 9.17) is 0 Å². The molecule has 0 saturated heterocycles. The summed E-state index contributed by atoms with van der Waals surface area (Å²) in [4.78, 5) is 4.62. The molecule has 0 aromatic rings. The Balaban J connectivity index is 2.91. The van der Waals surface area contributed by atoms with Gasteiger partial charge in [-0.1, -0.05) is 0 Å². The van der Waals surface area contributed by atoms with Gasteiger partial charge >= 0.3 is 94.1 Å². The van der Waals surface area contributed by atoms with E-state index in [-0.39, 0.29) is 0 Å². The number of rotatable bonds is 7. The van der Waals surface area contributed by atoms with Gasteiger partial charge in [0.05, 0.1) is 0 Å². The first-order valence-electron chi connectivity index (χ1n) is 4.17. The van der Waals surface area contributed by atoms with Crippen LogP contribution in [-0.2, 0) is 0 Å². The second-order valence-corrected chi connectivity index (χ2v) is 16.0. The Morgan fingerprint density at radius 1 is 0.750 bits per heavy atom. The van der Waals surface area contributed by atoms with Crippen LogP contribution < -0.4 is 0 Å². The SMILES string of the molecule is CN(C)CC[Te][Te]CCN(C)C. The second kappa shape index (κ2) is 9.07. The first kappa shape index (κ1) is 13.5. The molecule has 4 heteroatoms. The van der Waals surface area contributed by atoms with Crippen LogP contribution in [-0.4, -0.2) is 85.2 Å². The van der Waals surface area contributed by atoms with E-state index in [2.05, 4.69) is 38.0 Å². The molecule has 0 aromatic heterocycles. The van der Waals surface area contributed by atoms with E-state index in [1.54, 1.807) is 0 Å². The molecule has 0 heterocycles. The molecule has 0 aliphatic heterocycles.